The summed E-state index contributed by atoms with van der Waals surface area (Å²) in [5.74, 6) is 0. The summed E-state index contributed by atoms with van der Waals surface area (Å²) in [5.41, 5.74) is 0.592. The van der Waals surface area contributed by atoms with Crippen molar-refractivity contribution in [1.29, 1.82) is 0 Å². The summed E-state index contributed by atoms with van der Waals surface area (Å²) in [5, 5.41) is 0. The van der Waals surface area contributed by atoms with Gasteiger partial charge in [-0.15, -0.1) is 0 Å². The molecule has 2 aliphatic rings. The highest BCUT2D eigenvalue weighted by molar-refractivity contribution is 4.90. The normalized spacial score (nSPS) is 25.2. The Balaban J connectivity index is 0.000000249. The fourth-order valence-electron chi connectivity index (χ4n) is 2.89. The van der Waals surface area contributed by atoms with Crippen LogP contribution in [0, 0.1) is 10.2 Å². The van der Waals surface area contributed by atoms with E-state index in [1.807, 2.05) is 0 Å². The predicted octanol–water partition coefficient (Wildman–Crippen LogP) is -1.32. The zero-order valence-electron chi connectivity index (χ0n) is 10.4. The quantitative estimate of drug-likeness (QED) is 0.636. The van der Waals surface area contributed by atoms with E-state index in [2.05, 4.69) is 11.8 Å². The van der Waals surface area contributed by atoms with Crippen molar-refractivity contribution in [1.82, 2.24) is 4.90 Å². The summed E-state index contributed by atoms with van der Waals surface area (Å²) in [4.78, 5) is 2.74. The molecule has 0 bridgehead atoms. The maximum absolute atomic E-state index is 8.60. The molecule has 102 valence electrons. The molecule has 5 nitrogen and oxygen atoms in total. The standard InChI is InChI=1S/C11H21N.ClHO4/c1-11(7-3-2-4-8-11)12-9-5-6-10-12;2-1(3,4)5/h2-10H2,1H3;(H,2,3,4,5). The fourth-order valence-corrected chi connectivity index (χ4v) is 2.89. The van der Waals surface area contributed by atoms with Crippen molar-refractivity contribution < 1.29 is 28.9 Å². The van der Waals surface area contributed by atoms with E-state index in [1.165, 1.54) is 58.0 Å². The Morgan fingerprint density at radius 2 is 1.35 bits per heavy atom. The van der Waals surface area contributed by atoms with Crippen LogP contribution in [0.1, 0.15) is 51.9 Å². The van der Waals surface area contributed by atoms with E-state index in [0.717, 1.165) is 0 Å². The first-order valence-electron chi connectivity index (χ1n) is 6.20. The molecule has 0 spiro atoms. The number of hydrogen-bond acceptors (Lipinski definition) is 5. The molecule has 0 aromatic carbocycles. The molecule has 1 saturated carbocycles. The Labute approximate surface area is 105 Å². The van der Waals surface area contributed by atoms with Gasteiger partial charge in [-0.3, -0.25) is 4.90 Å². The van der Waals surface area contributed by atoms with Gasteiger partial charge in [0.15, 0.2) is 0 Å². The van der Waals surface area contributed by atoms with Crippen LogP contribution in [0.25, 0.3) is 0 Å². The first-order valence-corrected chi connectivity index (χ1v) is 7.46. The third kappa shape index (κ3) is 5.99. The van der Waals surface area contributed by atoms with Crippen molar-refractivity contribution >= 4 is 0 Å². The monoisotopic (exact) mass is 267 g/mol. The summed E-state index contributed by atoms with van der Waals surface area (Å²) in [6, 6.07) is 0. The summed E-state index contributed by atoms with van der Waals surface area (Å²) < 4.78 is 32.7. The smallest absolute Gasteiger partial charge is 0.0777 e. The molecule has 0 radical (unpaired) electrons. The molecule has 1 aliphatic heterocycles. The van der Waals surface area contributed by atoms with Crippen LogP contribution in [0.3, 0.4) is 0 Å². The second-order valence-corrected chi connectivity index (χ2v) is 5.94. The lowest BCUT2D eigenvalue weighted by molar-refractivity contribution is -1.92. The molecule has 0 amide bonds. The van der Waals surface area contributed by atoms with Crippen LogP contribution < -0.4 is 14.0 Å². The summed E-state index contributed by atoms with van der Waals surface area (Å²) >= 11 is 0. The van der Waals surface area contributed by atoms with Gasteiger partial charge in [0.2, 0.25) is 0 Å². The Kier molecular flexibility index (Phi) is 5.63. The van der Waals surface area contributed by atoms with Crippen molar-refractivity contribution in [2.75, 3.05) is 13.1 Å². The molecule has 0 aromatic rings. The van der Waals surface area contributed by atoms with Crippen LogP contribution in [0.4, 0.5) is 0 Å². The van der Waals surface area contributed by atoms with Crippen LogP contribution >= 0.6 is 0 Å². The third-order valence-electron chi connectivity index (χ3n) is 3.80. The molecule has 6 heteroatoms. The second-order valence-electron chi connectivity index (χ2n) is 5.15. The van der Waals surface area contributed by atoms with Gasteiger partial charge in [-0.2, -0.15) is 14.0 Å². The van der Waals surface area contributed by atoms with Crippen molar-refractivity contribution in [3.05, 3.63) is 0 Å². The van der Waals surface area contributed by atoms with E-state index >= 15 is 0 Å². The molecule has 0 aromatic heterocycles. The average Bonchev–Trinajstić information content (AvgIpc) is 2.69. The minimum Gasteiger partial charge on any atom is -0.298 e. The molecule has 17 heavy (non-hydrogen) atoms. The van der Waals surface area contributed by atoms with Crippen LogP contribution in [-0.4, -0.2) is 28.2 Å². The second kappa shape index (κ2) is 6.31. The Morgan fingerprint density at radius 1 is 0.941 bits per heavy atom. The van der Waals surface area contributed by atoms with Gasteiger partial charge in [0.25, 0.3) is 0 Å². The van der Waals surface area contributed by atoms with Crippen molar-refractivity contribution in [2.45, 2.75) is 57.4 Å². The first kappa shape index (κ1) is 15.1. The lowest BCUT2D eigenvalue weighted by atomic mass is 9.82. The maximum atomic E-state index is 8.60. The zero-order valence-corrected chi connectivity index (χ0v) is 11.1. The molecular weight excluding hydrogens is 246 g/mol. The maximum Gasteiger partial charge on any atom is 0.0777 e. The van der Waals surface area contributed by atoms with Gasteiger partial charge >= 0.3 is 0 Å². The van der Waals surface area contributed by atoms with Crippen molar-refractivity contribution in [2.24, 2.45) is 0 Å². The van der Waals surface area contributed by atoms with Gasteiger partial charge in [0, 0.05) is 5.54 Å². The molecule has 1 heterocycles. The molecule has 0 unspecified atom stereocenters. The third-order valence-corrected chi connectivity index (χ3v) is 3.80. The summed E-state index contributed by atoms with van der Waals surface area (Å²) in [7, 11) is -4.69. The van der Waals surface area contributed by atoms with Crippen molar-refractivity contribution in [3.63, 3.8) is 0 Å². The predicted molar refractivity (Wildman–Crippen MR) is 54.5 cm³/mol. The van der Waals surface area contributed by atoms with Gasteiger partial charge in [-0.25, -0.2) is 0 Å². The first-order chi connectivity index (χ1) is 7.81. The minimum atomic E-state index is -4.69. The highest BCUT2D eigenvalue weighted by atomic mass is 35.7. The largest absolute Gasteiger partial charge is 0.298 e. The van der Waals surface area contributed by atoms with Gasteiger partial charge < -0.3 is 0 Å². The van der Waals surface area contributed by atoms with E-state index in [0.29, 0.717) is 5.54 Å². The number of nitrogens with zero attached hydrogens (tertiary/aromatic N) is 1. The van der Waals surface area contributed by atoms with E-state index in [-0.39, 0.29) is 0 Å². The van der Waals surface area contributed by atoms with Crippen LogP contribution in [0.5, 0.6) is 0 Å². The van der Waals surface area contributed by atoms with Crippen LogP contribution in [0.2, 0.25) is 0 Å². The molecular formula is C11H22ClNO4. The summed E-state index contributed by atoms with van der Waals surface area (Å²) in [6.07, 6.45) is 10.2. The van der Waals surface area contributed by atoms with Crippen molar-refractivity contribution in [3.8, 4) is 0 Å². The summed E-state index contributed by atoms with van der Waals surface area (Å²) in [6.45, 7) is 5.23. The molecule has 1 saturated heterocycles. The Morgan fingerprint density at radius 3 is 1.76 bits per heavy atom. The van der Waals surface area contributed by atoms with E-state index < -0.39 is 10.2 Å². The molecule has 2 fully saturated rings. The lowest BCUT2D eigenvalue weighted by Crippen LogP contribution is -2.58. The number of halogens is 1. The Hall–Kier alpha value is 0.0900. The van der Waals surface area contributed by atoms with E-state index in [1.54, 1.807) is 0 Å². The van der Waals surface area contributed by atoms with Gasteiger partial charge in [-0.05, 0) is 45.7 Å². The number of rotatable bonds is 1. The minimum absolute atomic E-state index is 0.592. The lowest BCUT2D eigenvalue weighted by Gasteiger charge is -2.41. The molecule has 0 atom stereocenters. The molecule has 1 aliphatic carbocycles. The average molecular weight is 268 g/mol. The van der Waals surface area contributed by atoms with E-state index in [9.17, 15) is 0 Å². The molecule has 1 N–H and O–H groups in total. The highest BCUT2D eigenvalue weighted by Crippen LogP contribution is 2.35. The fraction of sp³-hybridized carbons (Fsp3) is 1.00. The zero-order chi connectivity index (χ0) is 12.9. The van der Waals surface area contributed by atoms with Gasteiger partial charge in [-0.1, -0.05) is 19.3 Å². The number of hydrogen-bond donors (Lipinski definition) is 1. The number of likely N-dealkylation sites (tertiary alicyclic amines) is 1. The highest BCUT2D eigenvalue weighted by Gasteiger charge is 2.34. The van der Waals surface area contributed by atoms with Crippen LogP contribution in [-0.2, 0) is 0 Å². The Bertz CT molecular complexity index is 214. The van der Waals surface area contributed by atoms with Gasteiger partial charge in [0.1, 0.15) is 0 Å². The van der Waals surface area contributed by atoms with Crippen LogP contribution in [0.15, 0.2) is 0 Å². The SMILES string of the molecule is CC1(N2CCCC2)CCCCC1.[O-][Cl+3]([O-])([O-])O. The van der Waals surface area contributed by atoms with Gasteiger partial charge in [0.05, 0.1) is 14.9 Å². The van der Waals surface area contributed by atoms with E-state index in [4.69, 9.17) is 18.6 Å². The molecule has 2 rings (SSSR count). The topological polar surface area (TPSA) is 92.7 Å².